The van der Waals surface area contributed by atoms with Crippen LogP contribution in [-0.2, 0) is 0 Å². The summed E-state index contributed by atoms with van der Waals surface area (Å²) < 4.78 is 0. The Hall–Kier alpha value is -0.160. The van der Waals surface area contributed by atoms with Gasteiger partial charge in [0.1, 0.15) is 0 Å². The molecular weight excluding hydrogens is 236 g/mol. The van der Waals surface area contributed by atoms with Gasteiger partial charge >= 0.3 is 0 Å². The molecule has 4 nitrogen and oxygen atoms in total. The number of likely N-dealkylation sites (tertiary alicyclic amines) is 1. The predicted molar refractivity (Wildman–Crippen MR) is 79.5 cm³/mol. The van der Waals surface area contributed by atoms with Crippen molar-refractivity contribution in [3.8, 4) is 0 Å². The highest BCUT2D eigenvalue weighted by Crippen LogP contribution is 2.22. The minimum atomic E-state index is 0.721. The van der Waals surface area contributed by atoms with Gasteiger partial charge in [-0.2, -0.15) is 0 Å². The van der Waals surface area contributed by atoms with Crippen LogP contribution in [-0.4, -0.2) is 86.2 Å². The molecule has 3 rings (SSSR count). The molecule has 1 saturated carbocycles. The SMILES string of the molecule is CN1CCN(C)C(CN2CCCC(NC3CC3)C2)C1. The highest BCUT2D eigenvalue weighted by atomic mass is 15.3. The van der Waals surface area contributed by atoms with E-state index in [1.165, 1.54) is 65.0 Å². The summed E-state index contributed by atoms with van der Waals surface area (Å²) in [7, 11) is 4.55. The molecule has 110 valence electrons. The van der Waals surface area contributed by atoms with E-state index in [0.717, 1.165) is 18.1 Å². The van der Waals surface area contributed by atoms with Crippen molar-refractivity contribution in [2.45, 2.75) is 43.8 Å². The molecule has 1 aliphatic carbocycles. The molecule has 0 radical (unpaired) electrons. The van der Waals surface area contributed by atoms with E-state index in [1.807, 2.05) is 0 Å². The van der Waals surface area contributed by atoms with E-state index in [2.05, 4.69) is 34.1 Å². The lowest BCUT2D eigenvalue weighted by Gasteiger charge is -2.42. The molecule has 2 aliphatic heterocycles. The van der Waals surface area contributed by atoms with E-state index in [9.17, 15) is 0 Å². The molecule has 0 aromatic heterocycles. The molecule has 2 atom stereocenters. The van der Waals surface area contributed by atoms with Crippen molar-refractivity contribution in [3.63, 3.8) is 0 Å². The second kappa shape index (κ2) is 6.08. The Bertz CT molecular complexity index is 292. The summed E-state index contributed by atoms with van der Waals surface area (Å²) in [4.78, 5) is 7.73. The first-order chi connectivity index (χ1) is 9.20. The van der Waals surface area contributed by atoms with E-state index < -0.39 is 0 Å². The fourth-order valence-electron chi connectivity index (χ4n) is 3.54. The van der Waals surface area contributed by atoms with Crippen molar-refractivity contribution < 1.29 is 0 Å². The molecule has 0 bridgehead atoms. The van der Waals surface area contributed by atoms with Gasteiger partial charge in [0, 0.05) is 50.8 Å². The van der Waals surface area contributed by atoms with Crippen molar-refractivity contribution in [3.05, 3.63) is 0 Å². The predicted octanol–water partition coefficient (Wildman–Crippen LogP) is 0.449. The van der Waals surface area contributed by atoms with Gasteiger partial charge in [-0.15, -0.1) is 0 Å². The lowest BCUT2D eigenvalue weighted by molar-refractivity contribution is 0.0705. The van der Waals surface area contributed by atoms with Crippen LogP contribution in [0.3, 0.4) is 0 Å². The van der Waals surface area contributed by atoms with Crippen molar-refractivity contribution in [1.82, 2.24) is 20.0 Å². The van der Waals surface area contributed by atoms with Crippen molar-refractivity contribution in [1.29, 1.82) is 0 Å². The molecule has 2 unspecified atom stereocenters. The van der Waals surface area contributed by atoms with E-state index in [-0.39, 0.29) is 0 Å². The van der Waals surface area contributed by atoms with Crippen LogP contribution in [0.4, 0.5) is 0 Å². The van der Waals surface area contributed by atoms with E-state index >= 15 is 0 Å². The topological polar surface area (TPSA) is 21.8 Å². The number of likely N-dealkylation sites (N-methyl/N-ethyl adjacent to an activating group) is 2. The fourth-order valence-corrected chi connectivity index (χ4v) is 3.54. The van der Waals surface area contributed by atoms with Crippen LogP contribution in [0, 0.1) is 0 Å². The Morgan fingerprint density at radius 2 is 1.79 bits per heavy atom. The molecule has 0 aromatic carbocycles. The molecule has 0 spiro atoms. The molecule has 4 heteroatoms. The van der Waals surface area contributed by atoms with Crippen molar-refractivity contribution >= 4 is 0 Å². The van der Waals surface area contributed by atoms with Crippen molar-refractivity contribution in [2.24, 2.45) is 0 Å². The molecular formula is C15H30N4. The normalized spacial score (nSPS) is 35.7. The molecule has 2 saturated heterocycles. The molecule has 1 N–H and O–H groups in total. The first-order valence-corrected chi connectivity index (χ1v) is 8.08. The second-order valence-corrected chi connectivity index (χ2v) is 6.94. The van der Waals surface area contributed by atoms with Gasteiger partial charge in [0.15, 0.2) is 0 Å². The molecule has 2 heterocycles. The highest BCUT2D eigenvalue weighted by molar-refractivity contribution is 4.89. The van der Waals surface area contributed by atoms with Crippen LogP contribution in [0.25, 0.3) is 0 Å². The molecule has 0 aromatic rings. The van der Waals surface area contributed by atoms with E-state index in [0.29, 0.717) is 0 Å². The number of hydrogen-bond acceptors (Lipinski definition) is 4. The third-order valence-corrected chi connectivity index (χ3v) is 5.00. The Kier molecular flexibility index (Phi) is 4.42. The maximum Gasteiger partial charge on any atom is 0.0347 e. The zero-order valence-electron chi connectivity index (χ0n) is 12.6. The maximum absolute atomic E-state index is 3.81. The van der Waals surface area contributed by atoms with E-state index in [4.69, 9.17) is 0 Å². The molecule has 3 fully saturated rings. The molecule has 19 heavy (non-hydrogen) atoms. The van der Waals surface area contributed by atoms with Crippen molar-refractivity contribution in [2.75, 3.05) is 53.4 Å². The summed E-state index contributed by atoms with van der Waals surface area (Å²) in [5, 5.41) is 3.81. The number of hydrogen-bond donors (Lipinski definition) is 1. The summed E-state index contributed by atoms with van der Waals surface area (Å²) in [5.74, 6) is 0. The minimum Gasteiger partial charge on any atom is -0.310 e. The number of piperidine rings is 1. The fraction of sp³-hybridized carbons (Fsp3) is 1.00. The summed E-state index contributed by atoms with van der Waals surface area (Å²) in [6.07, 6.45) is 5.57. The van der Waals surface area contributed by atoms with Gasteiger partial charge in [-0.05, 0) is 46.3 Å². The number of nitrogens with zero attached hydrogens (tertiary/aromatic N) is 3. The summed E-state index contributed by atoms with van der Waals surface area (Å²) in [6.45, 7) is 7.50. The lowest BCUT2D eigenvalue weighted by Crippen LogP contribution is -2.56. The lowest BCUT2D eigenvalue weighted by atomic mass is 10.0. The quantitative estimate of drug-likeness (QED) is 0.797. The Balaban J connectivity index is 1.47. The van der Waals surface area contributed by atoms with Crippen LogP contribution in [0.15, 0.2) is 0 Å². The number of rotatable bonds is 4. The Morgan fingerprint density at radius 1 is 0.947 bits per heavy atom. The van der Waals surface area contributed by atoms with Crippen LogP contribution < -0.4 is 5.32 Å². The van der Waals surface area contributed by atoms with Crippen LogP contribution in [0.1, 0.15) is 25.7 Å². The zero-order chi connectivity index (χ0) is 13.2. The van der Waals surface area contributed by atoms with Gasteiger partial charge in [0.2, 0.25) is 0 Å². The first kappa shape index (κ1) is 13.8. The zero-order valence-corrected chi connectivity index (χ0v) is 12.6. The Labute approximate surface area is 118 Å². The average molecular weight is 266 g/mol. The van der Waals surface area contributed by atoms with Gasteiger partial charge in [0.05, 0.1) is 0 Å². The monoisotopic (exact) mass is 266 g/mol. The van der Waals surface area contributed by atoms with Gasteiger partial charge in [-0.3, -0.25) is 4.90 Å². The van der Waals surface area contributed by atoms with Gasteiger partial charge in [-0.1, -0.05) is 0 Å². The van der Waals surface area contributed by atoms with Crippen LogP contribution in [0.5, 0.6) is 0 Å². The third kappa shape index (κ3) is 3.91. The molecule has 0 amide bonds. The number of nitrogens with one attached hydrogen (secondary N) is 1. The number of piperazine rings is 1. The summed E-state index contributed by atoms with van der Waals surface area (Å²) in [5.41, 5.74) is 0. The Morgan fingerprint density at radius 3 is 2.58 bits per heavy atom. The summed E-state index contributed by atoms with van der Waals surface area (Å²) in [6, 6.07) is 2.33. The van der Waals surface area contributed by atoms with Gasteiger partial charge in [0.25, 0.3) is 0 Å². The third-order valence-electron chi connectivity index (χ3n) is 5.00. The van der Waals surface area contributed by atoms with Crippen LogP contribution >= 0.6 is 0 Å². The average Bonchev–Trinajstić information content (AvgIpc) is 3.18. The second-order valence-electron chi connectivity index (χ2n) is 6.94. The largest absolute Gasteiger partial charge is 0.310 e. The van der Waals surface area contributed by atoms with Crippen LogP contribution in [0.2, 0.25) is 0 Å². The van der Waals surface area contributed by atoms with E-state index in [1.54, 1.807) is 0 Å². The smallest absolute Gasteiger partial charge is 0.0347 e. The maximum atomic E-state index is 3.81. The molecule has 3 aliphatic rings. The minimum absolute atomic E-state index is 0.721. The summed E-state index contributed by atoms with van der Waals surface area (Å²) >= 11 is 0. The first-order valence-electron chi connectivity index (χ1n) is 8.08. The standard InChI is InChI=1S/C15H30N4/c1-17-8-9-18(2)15(11-17)12-19-7-3-4-14(10-19)16-13-5-6-13/h13-16H,3-12H2,1-2H3. The highest BCUT2D eigenvalue weighted by Gasteiger charge is 2.30. The van der Waals surface area contributed by atoms with Gasteiger partial charge < -0.3 is 15.1 Å². The van der Waals surface area contributed by atoms with Gasteiger partial charge in [-0.25, -0.2) is 0 Å².